The van der Waals surface area contributed by atoms with E-state index in [4.69, 9.17) is 5.11 Å². The molecule has 0 aliphatic carbocycles. The molecule has 0 bridgehead atoms. The molecule has 7 heteroatoms. The maximum Gasteiger partial charge on any atom is 0.304 e. The van der Waals surface area contributed by atoms with E-state index >= 15 is 0 Å². The van der Waals surface area contributed by atoms with Crippen LogP contribution in [0.1, 0.15) is 31.2 Å². The van der Waals surface area contributed by atoms with Crippen LogP contribution < -0.4 is 0 Å². The van der Waals surface area contributed by atoms with Gasteiger partial charge in [0, 0.05) is 12.6 Å². The molecular weight excluding hydrogens is 297 g/mol. The van der Waals surface area contributed by atoms with Gasteiger partial charge in [0.05, 0.1) is 6.42 Å². The second-order valence-corrected chi connectivity index (χ2v) is 7.08. The predicted molar refractivity (Wildman–Crippen MR) is 74.9 cm³/mol. The van der Waals surface area contributed by atoms with E-state index < -0.39 is 27.9 Å². The highest BCUT2D eigenvalue weighted by molar-refractivity contribution is 7.89. The maximum absolute atomic E-state index is 14.0. The van der Waals surface area contributed by atoms with E-state index in [0.29, 0.717) is 18.4 Å². The molecule has 1 aromatic carbocycles. The molecule has 1 fully saturated rings. The monoisotopic (exact) mass is 315 g/mol. The number of carboxylic acids is 1. The molecule has 5 nitrogen and oxygen atoms in total. The number of piperidine rings is 1. The first-order valence-electron chi connectivity index (χ1n) is 6.83. The number of carbonyl (C=O) groups is 1. The van der Waals surface area contributed by atoms with Crippen LogP contribution in [0.5, 0.6) is 0 Å². The summed E-state index contributed by atoms with van der Waals surface area (Å²) in [7, 11) is -4.02. The highest BCUT2D eigenvalue weighted by Crippen LogP contribution is 2.30. The van der Waals surface area contributed by atoms with Gasteiger partial charge in [-0.05, 0) is 31.4 Å². The van der Waals surface area contributed by atoms with Gasteiger partial charge in [-0.15, -0.1) is 0 Å². The molecular formula is C14H18FNO4S. The number of carboxylic acid groups (broad SMARTS) is 1. The zero-order chi connectivity index (χ0) is 15.6. The lowest BCUT2D eigenvalue weighted by molar-refractivity contribution is -0.138. The summed E-state index contributed by atoms with van der Waals surface area (Å²) in [5, 5.41) is 8.93. The summed E-state index contributed by atoms with van der Waals surface area (Å²) in [6.07, 6.45) is 1.66. The number of aryl methyl sites for hydroxylation is 1. The lowest BCUT2D eigenvalue weighted by atomic mass is 10.0. The number of aliphatic carboxylic acids is 1. The first kappa shape index (κ1) is 15.9. The van der Waals surface area contributed by atoms with Gasteiger partial charge in [-0.25, -0.2) is 12.8 Å². The number of halogens is 1. The molecule has 0 aromatic heterocycles. The second kappa shape index (κ2) is 6.11. The lowest BCUT2D eigenvalue weighted by Gasteiger charge is -2.34. The molecule has 1 aliphatic heterocycles. The quantitative estimate of drug-likeness (QED) is 0.924. The fourth-order valence-corrected chi connectivity index (χ4v) is 4.72. The summed E-state index contributed by atoms with van der Waals surface area (Å²) in [6.45, 7) is 1.76. The van der Waals surface area contributed by atoms with Crippen LogP contribution in [0.15, 0.2) is 23.1 Å². The van der Waals surface area contributed by atoms with Crippen molar-refractivity contribution in [2.24, 2.45) is 0 Å². The Morgan fingerprint density at radius 2 is 2.14 bits per heavy atom. The molecule has 0 saturated carbocycles. The molecule has 1 aliphatic rings. The van der Waals surface area contributed by atoms with Gasteiger partial charge in [-0.2, -0.15) is 4.31 Å². The minimum absolute atomic E-state index is 0.230. The molecule has 1 saturated heterocycles. The largest absolute Gasteiger partial charge is 0.481 e. The number of hydrogen-bond acceptors (Lipinski definition) is 3. The van der Waals surface area contributed by atoms with Crippen LogP contribution in [0.4, 0.5) is 4.39 Å². The van der Waals surface area contributed by atoms with Crippen molar-refractivity contribution >= 4 is 16.0 Å². The summed E-state index contributed by atoms with van der Waals surface area (Å²) < 4.78 is 40.5. The average Bonchev–Trinajstić information content (AvgIpc) is 2.37. The van der Waals surface area contributed by atoms with Crippen molar-refractivity contribution in [3.05, 3.63) is 29.6 Å². The Labute approximate surface area is 123 Å². The number of benzene rings is 1. The molecule has 1 atom stereocenters. The number of sulfonamides is 1. The third-order valence-electron chi connectivity index (χ3n) is 3.71. The van der Waals surface area contributed by atoms with Crippen LogP contribution in [0.2, 0.25) is 0 Å². The van der Waals surface area contributed by atoms with Gasteiger partial charge in [-0.3, -0.25) is 4.79 Å². The van der Waals surface area contributed by atoms with Crippen molar-refractivity contribution in [3.63, 3.8) is 0 Å². The van der Waals surface area contributed by atoms with E-state index in [1.165, 1.54) is 19.1 Å². The lowest BCUT2D eigenvalue weighted by Crippen LogP contribution is -2.45. The van der Waals surface area contributed by atoms with Gasteiger partial charge in [-0.1, -0.05) is 18.6 Å². The Morgan fingerprint density at radius 1 is 1.43 bits per heavy atom. The predicted octanol–water partition coefficient (Wildman–Crippen LogP) is 2.15. The highest BCUT2D eigenvalue weighted by Gasteiger charge is 2.36. The van der Waals surface area contributed by atoms with E-state index in [1.807, 2.05) is 0 Å². The van der Waals surface area contributed by atoms with E-state index in [2.05, 4.69) is 0 Å². The van der Waals surface area contributed by atoms with Gasteiger partial charge in [0.1, 0.15) is 10.7 Å². The third kappa shape index (κ3) is 3.24. The van der Waals surface area contributed by atoms with Crippen LogP contribution in [0.25, 0.3) is 0 Å². The van der Waals surface area contributed by atoms with Gasteiger partial charge in [0.25, 0.3) is 0 Å². The van der Waals surface area contributed by atoms with Gasteiger partial charge in [0.15, 0.2) is 0 Å². The first-order valence-corrected chi connectivity index (χ1v) is 8.27. The number of rotatable bonds is 4. The van der Waals surface area contributed by atoms with Crippen LogP contribution in [0.3, 0.4) is 0 Å². The molecule has 0 amide bonds. The van der Waals surface area contributed by atoms with Gasteiger partial charge < -0.3 is 5.11 Å². The zero-order valence-corrected chi connectivity index (χ0v) is 12.6. The van der Waals surface area contributed by atoms with Crippen LogP contribution >= 0.6 is 0 Å². The Hall–Kier alpha value is -1.47. The molecule has 116 valence electrons. The number of nitrogens with zero attached hydrogens (tertiary/aromatic N) is 1. The molecule has 1 aromatic rings. The van der Waals surface area contributed by atoms with Crippen LogP contribution in [-0.4, -0.2) is 36.4 Å². The van der Waals surface area contributed by atoms with Crippen molar-refractivity contribution in [2.45, 2.75) is 43.5 Å². The van der Waals surface area contributed by atoms with E-state index in [9.17, 15) is 17.6 Å². The van der Waals surface area contributed by atoms with Crippen LogP contribution in [0, 0.1) is 12.7 Å². The van der Waals surface area contributed by atoms with E-state index in [-0.39, 0.29) is 17.9 Å². The summed E-state index contributed by atoms with van der Waals surface area (Å²) in [5.74, 6) is -1.85. The van der Waals surface area contributed by atoms with Crippen LogP contribution in [-0.2, 0) is 14.8 Å². The van der Waals surface area contributed by atoms with E-state index in [1.54, 1.807) is 0 Å². The van der Waals surface area contributed by atoms with Gasteiger partial charge >= 0.3 is 5.97 Å². The normalized spacial score (nSPS) is 20.4. The zero-order valence-electron chi connectivity index (χ0n) is 11.8. The molecule has 2 rings (SSSR count). The van der Waals surface area contributed by atoms with Crippen molar-refractivity contribution in [1.82, 2.24) is 4.31 Å². The summed E-state index contributed by atoms with van der Waals surface area (Å²) in [6, 6.07) is 3.48. The maximum atomic E-state index is 14.0. The first-order chi connectivity index (χ1) is 9.84. The Kier molecular flexibility index (Phi) is 4.63. The Bertz CT molecular complexity index is 624. The number of hydrogen-bond donors (Lipinski definition) is 1. The Balaban J connectivity index is 2.43. The molecule has 0 radical (unpaired) electrons. The second-order valence-electron chi connectivity index (χ2n) is 5.25. The molecule has 0 spiro atoms. The molecule has 1 N–H and O–H groups in total. The fraction of sp³-hybridized carbons (Fsp3) is 0.500. The minimum atomic E-state index is -4.02. The average molecular weight is 315 g/mol. The third-order valence-corrected chi connectivity index (χ3v) is 5.84. The topological polar surface area (TPSA) is 74.7 Å². The van der Waals surface area contributed by atoms with Gasteiger partial charge in [0.2, 0.25) is 10.0 Å². The Morgan fingerprint density at radius 3 is 2.76 bits per heavy atom. The fourth-order valence-electron chi connectivity index (χ4n) is 2.76. The standard InChI is InChI=1S/C14H18FNO4S/c1-10-5-4-7-12(15)14(10)21(19,20)16-8-3-2-6-11(16)9-13(17)18/h4-5,7,11H,2-3,6,8-9H2,1H3,(H,17,18). The van der Waals surface area contributed by atoms with Crippen molar-refractivity contribution in [2.75, 3.05) is 6.54 Å². The summed E-state index contributed by atoms with van der Waals surface area (Å²) in [5.41, 5.74) is 0.328. The van der Waals surface area contributed by atoms with Crippen molar-refractivity contribution in [1.29, 1.82) is 0 Å². The summed E-state index contributed by atoms with van der Waals surface area (Å²) in [4.78, 5) is 10.6. The van der Waals surface area contributed by atoms with Crippen molar-refractivity contribution in [3.8, 4) is 0 Å². The SMILES string of the molecule is Cc1cccc(F)c1S(=O)(=O)N1CCCCC1CC(=O)O. The van der Waals surface area contributed by atoms with Crippen molar-refractivity contribution < 1.29 is 22.7 Å². The molecule has 1 heterocycles. The minimum Gasteiger partial charge on any atom is -0.481 e. The molecule has 1 unspecified atom stereocenters. The van der Waals surface area contributed by atoms with E-state index in [0.717, 1.165) is 16.8 Å². The molecule has 21 heavy (non-hydrogen) atoms. The highest BCUT2D eigenvalue weighted by atomic mass is 32.2. The smallest absolute Gasteiger partial charge is 0.304 e. The summed E-state index contributed by atoms with van der Waals surface area (Å²) >= 11 is 0.